The van der Waals surface area contributed by atoms with Crippen molar-refractivity contribution in [3.05, 3.63) is 40.6 Å². The van der Waals surface area contributed by atoms with Gasteiger partial charge in [-0.25, -0.2) is 17.9 Å². The molecular formula is C20H28N4O5S. The van der Waals surface area contributed by atoms with Crippen LogP contribution >= 0.6 is 0 Å². The van der Waals surface area contributed by atoms with Crippen LogP contribution in [-0.4, -0.2) is 61.0 Å². The van der Waals surface area contributed by atoms with Gasteiger partial charge in [-0.1, -0.05) is 12.1 Å². The van der Waals surface area contributed by atoms with Crippen molar-refractivity contribution in [2.45, 2.75) is 49.1 Å². The highest BCUT2D eigenvalue weighted by Crippen LogP contribution is 2.38. The van der Waals surface area contributed by atoms with E-state index < -0.39 is 10.0 Å². The molecule has 0 radical (unpaired) electrons. The SMILES string of the molecule is COCCn1nc(C2CCCN(S(=O)(=O)c3ccccc3OC)C2)n(C2CC2)c1=O. The Hall–Kier alpha value is -2.17. The molecule has 4 rings (SSSR count). The zero-order valence-corrected chi connectivity index (χ0v) is 18.2. The molecule has 2 heterocycles. The summed E-state index contributed by atoms with van der Waals surface area (Å²) in [5, 5.41) is 4.60. The van der Waals surface area contributed by atoms with E-state index in [0.29, 0.717) is 44.2 Å². The van der Waals surface area contributed by atoms with Crippen LogP contribution in [0.15, 0.2) is 34.0 Å². The van der Waals surface area contributed by atoms with Gasteiger partial charge in [-0.05, 0) is 37.8 Å². The number of rotatable bonds is 8. The standard InChI is InChI=1S/C20H28N4O5S/c1-28-13-12-23-20(25)24(16-9-10-16)19(21-23)15-6-5-11-22(14-15)30(26,27)18-8-4-3-7-17(18)29-2/h3-4,7-8,15-16H,5-6,9-14H2,1-2H3. The lowest BCUT2D eigenvalue weighted by Crippen LogP contribution is -2.40. The van der Waals surface area contributed by atoms with Crippen molar-refractivity contribution < 1.29 is 17.9 Å². The third-order valence-corrected chi connectivity index (χ3v) is 7.66. The Kier molecular flexibility index (Phi) is 5.99. The molecule has 1 aromatic carbocycles. The van der Waals surface area contributed by atoms with Crippen LogP contribution in [0.3, 0.4) is 0 Å². The van der Waals surface area contributed by atoms with Crippen molar-refractivity contribution in [2.24, 2.45) is 0 Å². The van der Waals surface area contributed by atoms with Crippen LogP contribution in [0.5, 0.6) is 5.75 Å². The fraction of sp³-hybridized carbons (Fsp3) is 0.600. The number of aromatic nitrogens is 3. The number of hydrogen-bond acceptors (Lipinski definition) is 6. The maximum atomic E-state index is 13.3. The third kappa shape index (κ3) is 3.91. The maximum Gasteiger partial charge on any atom is 0.346 e. The van der Waals surface area contributed by atoms with E-state index in [2.05, 4.69) is 5.10 Å². The van der Waals surface area contributed by atoms with E-state index in [1.807, 2.05) is 0 Å². The molecule has 1 aliphatic carbocycles. The Morgan fingerprint density at radius 2 is 1.93 bits per heavy atom. The minimum Gasteiger partial charge on any atom is -0.495 e. The molecule has 164 valence electrons. The molecule has 9 nitrogen and oxygen atoms in total. The Morgan fingerprint density at radius 1 is 1.17 bits per heavy atom. The van der Waals surface area contributed by atoms with Gasteiger partial charge in [0.15, 0.2) is 0 Å². The summed E-state index contributed by atoms with van der Waals surface area (Å²) < 4.78 is 41.7. The first-order chi connectivity index (χ1) is 14.5. The Labute approximate surface area is 176 Å². The summed E-state index contributed by atoms with van der Waals surface area (Å²) in [6, 6.07) is 6.83. The number of sulfonamides is 1. The number of para-hydroxylation sites is 1. The van der Waals surface area contributed by atoms with E-state index >= 15 is 0 Å². The molecule has 0 amide bonds. The number of ether oxygens (including phenoxy) is 2. The van der Waals surface area contributed by atoms with Gasteiger partial charge < -0.3 is 9.47 Å². The van der Waals surface area contributed by atoms with E-state index in [0.717, 1.165) is 19.3 Å². The second-order valence-electron chi connectivity index (χ2n) is 7.81. The molecule has 1 unspecified atom stereocenters. The molecule has 10 heteroatoms. The second kappa shape index (κ2) is 8.52. The molecule has 1 aromatic heterocycles. The second-order valence-corrected chi connectivity index (χ2v) is 9.72. The van der Waals surface area contributed by atoms with Crippen molar-refractivity contribution in [3.63, 3.8) is 0 Å². The van der Waals surface area contributed by atoms with Gasteiger partial charge in [-0.15, -0.1) is 0 Å². The first-order valence-electron chi connectivity index (χ1n) is 10.3. The lowest BCUT2D eigenvalue weighted by atomic mass is 9.99. The van der Waals surface area contributed by atoms with Gasteiger partial charge in [0.2, 0.25) is 10.0 Å². The average molecular weight is 437 g/mol. The number of nitrogens with zero attached hydrogens (tertiary/aromatic N) is 4. The highest BCUT2D eigenvalue weighted by molar-refractivity contribution is 7.89. The molecule has 1 saturated carbocycles. The normalized spacial score (nSPS) is 20.4. The third-order valence-electron chi connectivity index (χ3n) is 5.75. The van der Waals surface area contributed by atoms with Gasteiger partial charge in [0.25, 0.3) is 0 Å². The van der Waals surface area contributed by atoms with Gasteiger partial charge in [-0.2, -0.15) is 9.40 Å². The molecule has 2 aromatic rings. The summed E-state index contributed by atoms with van der Waals surface area (Å²) >= 11 is 0. The summed E-state index contributed by atoms with van der Waals surface area (Å²) in [7, 11) is -0.659. The zero-order valence-electron chi connectivity index (χ0n) is 17.4. The van der Waals surface area contributed by atoms with Crippen molar-refractivity contribution >= 4 is 10.0 Å². The molecule has 1 atom stereocenters. The average Bonchev–Trinajstić information content (AvgIpc) is 3.55. The first-order valence-corrected chi connectivity index (χ1v) is 11.7. The predicted octanol–water partition coefficient (Wildman–Crippen LogP) is 1.60. The molecule has 0 N–H and O–H groups in total. The fourth-order valence-electron chi connectivity index (χ4n) is 4.06. The number of benzene rings is 1. The van der Waals surface area contributed by atoms with Crippen molar-refractivity contribution in [2.75, 3.05) is 33.9 Å². The summed E-state index contributed by atoms with van der Waals surface area (Å²) in [5.41, 5.74) is -0.130. The highest BCUT2D eigenvalue weighted by atomic mass is 32.2. The van der Waals surface area contributed by atoms with E-state index in [1.54, 1.807) is 35.9 Å². The largest absolute Gasteiger partial charge is 0.495 e. The summed E-state index contributed by atoms with van der Waals surface area (Å²) in [6.45, 7) is 1.53. The van der Waals surface area contributed by atoms with Gasteiger partial charge in [0.1, 0.15) is 16.5 Å². The number of hydrogen-bond donors (Lipinski definition) is 0. The molecule has 1 aliphatic heterocycles. The quantitative estimate of drug-likeness (QED) is 0.624. The summed E-state index contributed by atoms with van der Waals surface area (Å²) in [5.74, 6) is 0.900. The number of piperidine rings is 1. The number of methoxy groups -OCH3 is 2. The van der Waals surface area contributed by atoms with Crippen molar-refractivity contribution in [1.82, 2.24) is 18.7 Å². The minimum absolute atomic E-state index is 0.125. The highest BCUT2D eigenvalue weighted by Gasteiger charge is 2.37. The van der Waals surface area contributed by atoms with Crippen LogP contribution in [0.4, 0.5) is 0 Å². The molecule has 1 saturated heterocycles. The van der Waals surface area contributed by atoms with Crippen LogP contribution in [0.1, 0.15) is 43.5 Å². The molecule has 0 spiro atoms. The van der Waals surface area contributed by atoms with E-state index in [9.17, 15) is 13.2 Å². The molecule has 30 heavy (non-hydrogen) atoms. The monoisotopic (exact) mass is 436 g/mol. The molecule has 2 fully saturated rings. The van der Waals surface area contributed by atoms with Crippen LogP contribution < -0.4 is 10.4 Å². The Morgan fingerprint density at radius 3 is 2.63 bits per heavy atom. The van der Waals surface area contributed by atoms with Crippen LogP contribution in [-0.2, 0) is 21.3 Å². The Bertz CT molecular complexity index is 1060. The van der Waals surface area contributed by atoms with E-state index in [1.165, 1.54) is 16.1 Å². The lowest BCUT2D eigenvalue weighted by molar-refractivity contribution is 0.182. The van der Waals surface area contributed by atoms with E-state index in [4.69, 9.17) is 9.47 Å². The summed E-state index contributed by atoms with van der Waals surface area (Å²) in [4.78, 5) is 13.0. The van der Waals surface area contributed by atoms with Gasteiger partial charge in [0, 0.05) is 32.2 Å². The predicted molar refractivity (Wildman–Crippen MR) is 110 cm³/mol. The topological polar surface area (TPSA) is 95.7 Å². The van der Waals surface area contributed by atoms with Crippen LogP contribution in [0, 0.1) is 0 Å². The molecular weight excluding hydrogens is 408 g/mol. The molecule has 0 bridgehead atoms. The Balaban J connectivity index is 1.64. The van der Waals surface area contributed by atoms with Gasteiger partial charge in [0.05, 0.1) is 20.3 Å². The van der Waals surface area contributed by atoms with Crippen molar-refractivity contribution in [1.29, 1.82) is 0 Å². The fourth-order valence-corrected chi connectivity index (χ4v) is 5.74. The zero-order chi connectivity index (χ0) is 21.3. The van der Waals surface area contributed by atoms with Crippen LogP contribution in [0.2, 0.25) is 0 Å². The van der Waals surface area contributed by atoms with Gasteiger partial charge in [-0.3, -0.25) is 4.57 Å². The summed E-state index contributed by atoms with van der Waals surface area (Å²) in [6.07, 6.45) is 3.42. The minimum atomic E-state index is -3.71. The smallest absolute Gasteiger partial charge is 0.346 e. The van der Waals surface area contributed by atoms with Gasteiger partial charge >= 0.3 is 5.69 Å². The lowest BCUT2D eigenvalue weighted by Gasteiger charge is -2.31. The van der Waals surface area contributed by atoms with E-state index in [-0.39, 0.29) is 22.5 Å². The molecule has 2 aliphatic rings. The van der Waals surface area contributed by atoms with Crippen molar-refractivity contribution in [3.8, 4) is 5.75 Å². The maximum absolute atomic E-state index is 13.3. The van der Waals surface area contributed by atoms with Crippen LogP contribution in [0.25, 0.3) is 0 Å². The first kappa shape index (κ1) is 21.1.